The number of nitrogens with one attached hydrogen (secondary N) is 1. The van der Waals surface area contributed by atoms with Gasteiger partial charge in [0.05, 0.1) is 0 Å². The molecule has 0 spiro atoms. The van der Waals surface area contributed by atoms with Crippen molar-refractivity contribution in [3.8, 4) is 16.9 Å². The van der Waals surface area contributed by atoms with Crippen LogP contribution in [0.3, 0.4) is 0 Å². The van der Waals surface area contributed by atoms with Crippen LogP contribution in [0, 0.1) is 6.92 Å². The van der Waals surface area contributed by atoms with Gasteiger partial charge in [-0.05, 0) is 37.1 Å². The van der Waals surface area contributed by atoms with Gasteiger partial charge >= 0.3 is 5.97 Å². The van der Waals surface area contributed by atoms with Crippen molar-refractivity contribution >= 4 is 17.6 Å². The first-order valence-corrected chi connectivity index (χ1v) is 9.38. The van der Waals surface area contributed by atoms with Crippen LogP contribution < -0.4 is 10.1 Å². The highest BCUT2D eigenvalue weighted by atomic mass is 16.6. The van der Waals surface area contributed by atoms with Crippen LogP contribution in [0.4, 0.5) is 5.69 Å². The summed E-state index contributed by atoms with van der Waals surface area (Å²) in [5.41, 5.74) is 3.45. The number of para-hydroxylation sites is 2. The average Bonchev–Trinajstić information content (AvgIpc) is 2.74. The van der Waals surface area contributed by atoms with Gasteiger partial charge in [0.15, 0.2) is 12.7 Å². The molecule has 3 aromatic rings. The van der Waals surface area contributed by atoms with E-state index in [1.165, 1.54) is 6.92 Å². The second-order valence-corrected chi connectivity index (χ2v) is 6.59. The van der Waals surface area contributed by atoms with E-state index in [0.717, 1.165) is 16.7 Å². The summed E-state index contributed by atoms with van der Waals surface area (Å²) in [5.74, 6) is -0.400. The average molecular weight is 389 g/mol. The normalized spacial score (nSPS) is 11.4. The van der Waals surface area contributed by atoms with Crippen molar-refractivity contribution in [2.45, 2.75) is 20.0 Å². The van der Waals surface area contributed by atoms with Gasteiger partial charge in [0.2, 0.25) is 0 Å². The molecular weight excluding hydrogens is 366 g/mol. The van der Waals surface area contributed by atoms with Gasteiger partial charge in [-0.3, -0.25) is 4.79 Å². The molecule has 5 nitrogen and oxygen atoms in total. The number of esters is 1. The highest BCUT2D eigenvalue weighted by molar-refractivity contribution is 5.98. The maximum absolute atomic E-state index is 12.5. The molecule has 3 rings (SSSR count). The molecule has 3 aromatic carbocycles. The van der Waals surface area contributed by atoms with Gasteiger partial charge in [0, 0.05) is 11.3 Å². The van der Waals surface area contributed by atoms with Gasteiger partial charge < -0.3 is 14.8 Å². The second-order valence-electron chi connectivity index (χ2n) is 6.59. The predicted molar refractivity (Wildman–Crippen MR) is 113 cm³/mol. The molecule has 1 atom stereocenters. The Morgan fingerprint density at radius 2 is 1.55 bits per heavy atom. The number of carbonyl (C=O) groups is 2. The van der Waals surface area contributed by atoms with E-state index in [9.17, 15) is 9.59 Å². The highest BCUT2D eigenvalue weighted by Crippen LogP contribution is 2.27. The summed E-state index contributed by atoms with van der Waals surface area (Å²) < 4.78 is 10.7. The molecule has 148 valence electrons. The second kappa shape index (κ2) is 9.55. The number of ether oxygens (including phenoxy) is 2. The van der Waals surface area contributed by atoms with E-state index in [1.54, 1.807) is 6.07 Å². The number of amides is 1. The zero-order valence-corrected chi connectivity index (χ0v) is 16.4. The van der Waals surface area contributed by atoms with Gasteiger partial charge in [0.1, 0.15) is 5.75 Å². The standard InChI is InChI=1S/C24H23NO4/c1-17-10-6-9-15-22(17)28-16-23(26)29-18(2)24(27)25-21-14-8-7-13-20(21)19-11-4-3-5-12-19/h3-15,18H,16H2,1-2H3,(H,25,27). The molecule has 1 amide bonds. The molecule has 5 heteroatoms. The first-order chi connectivity index (χ1) is 14.0. The monoisotopic (exact) mass is 389 g/mol. The fourth-order valence-electron chi connectivity index (χ4n) is 2.84. The Bertz CT molecular complexity index is 985. The maximum atomic E-state index is 12.5. The van der Waals surface area contributed by atoms with E-state index >= 15 is 0 Å². The summed E-state index contributed by atoms with van der Waals surface area (Å²) in [5, 5.41) is 2.84. The minimum Gasteiger partial charge on any atom is -0.482 e. The molecule has 29 heavy (non-hydrogen) atoms. The fourth-order valence-corrected chi connectivity index (χ4v) is 2.84. The van der Waals surface area contributed by atoms with Crippen LogP contribution in [0.15, 0.2) is 78.9 Å². The van der Waals surface area contributed by atoms with Gasteiger partial charge in [-0.25, -0.2) is 4.79 Å². The van der Waals surface area contributed by atoms with Crippen LogP contribution >= 0.6 is 0 Å². The molecular formula is C24H23NO4. The molecule has 0 aliphatic rings. The molecule has 0 fully saturated rings. The first-order valence-electron chi connectivity index (χ1n) is 9.38. The summed E-state index contributed by atoms with van der Waals surface area (Å²) in [6.07, 6.45) is -0.952. The smallest absolute Gasteiger partial charge is 0.344 e. The van der Waals surface area contributed by atoms with Crippen molar-refractivity contribution in [3.05, 3.63) is 84.4 Å². The zero-order chi connectivity index (χ0) is 20.6. The summed E-state index contributed by atoms with van der Waals surface area (Å²) in [7, 11) is 0. The minimum absolute atomic E-state index is 0.261. The Morgan fingerprint density at radius 3 is 2.31 bits per heavy atom. The Labute approximate surface area is 170 Å². The predicted octanol–water partition coefficient (Wildman–Crippen LogP) is 4.61. The lowest BCUT2D eigenvalue weighted by Crippen LogP contribution is -2.31. The van der Waals surface area contributed by atoms with Crippen LogP contribution in [0.5, 0.6) is 5.75 Å². The molecule has 0 heterocycles. The lowest BCUT2D eigenvalue weighted by atomic mass is 10.0. The van der Waals surface area contributed by atoms with Gasteiger partial charge in [-0.15, -0.1) is 0 Å². The number of carbonyl (C=O) groups excluding carboxylic acids is 2. The molecule has 0 saturated carbocycles. The van der Waals surface area contributed by atoms with E-state index < -0.39 is 18.0 Å². The van der Waals surface area contributed by atoms with Crippen molar-refractivity contribution in [2.75, 3.05) is 11.9 Å². The van der Waals surface area contributed by atoms with Crippen LogP contribution in [0.2, 0.25) is 0 Å². The molecule has 0 bridgehead atoms. The Kier molecular flexibility index (Phi) is 6.63. The maximum Gasteiger partial charge on any atom is 0.344 e. The van der Waals surface area contributed by atoms with Crippen molar-refractivity contribution in [1.29, 1.82) is 0 Å². The topological polar surface area (TPSA) is 64.6 Å². The van der Waals surface area contributed by atoms with Gasteiger partial charge in [0.25, 0.3) is 5.91 Å². The Hall–Kier alpha value is -3.60. The third kappa shape index (κ3) is 5.45. The number of hydrogen-bond acceptors (Lipinski definition) is 4. The first kappa shape index (κ1) is 20.1. The Balaban J connectivity index is 1.59. The van der Waals surface area contributed by atoms with E-state index in [2.05, 4.69) is 5.32 Å². The summed E-state index contributed by atoms with van der Waals surface area (Å²) in [6, 6.07) is 24.6. The quantitative estimate of drug-likeness (QED) is 0.599. The highest BCUT2D eigenvalue weighted by Gasteiger charge is 2.19. The van der Waals surface area contributed by atoms with Gasteiger partial charge in [-0.1, -0.05) is 66.7 Å². The molecule has 0 aliphatic carbocycles. The number of aryl methyl sites for hydroxylation is 1. The minimum atomic E-state index is -0.952. The van der Waals surface area contributed by atoms with Crippen LogP contribution in [0.25, 0.3) is 11.1 Å². The molecule has 0 aromatic heterocycles. The lowest BCUT2D eigenvalue weighted by Gasteiger charge is -2.16. The fraction of sp³-hybridized carbons (Fsp3) is 0.167. The molecule has 1 unspecified atom stereocenters. The summed E-state index contributed by atoms with van der Waals surface area (Å²) in [4.78, 5) is 24.6. The van der Waals surface area contributed by atoms with Crippen LogP contribution in [-0.2, 0) is 14.3 Å². The van der Waals surface area contributed by atoms with Crippen molar-refractivity contribution in [1.82, 2.24) is 0 Å². The summed E-state index contributed by atoms with van der Waals surface area (Å²) in [6.45, 7) is 3.16. The molecule has 0 saturated heterocycles. The molecule has 1 N–H and O–H groups in total. The lowest BCUT2D eigenvalue weighted by molar-refractivity contribution is -0.155. The van der Waals surface area contributed by atoms with E-state index in [-0.39, 0.29) is 6.61 Å². The van der Waals surface area contributed by atoms with Gasteiger partial charge in [-0.2, -0.15) is 0 Å². The Morgan fingerprint density at radius 1 is 0.897 bits per heavy atom. The zero-order valence-electron chi connectivity index (χ0n) is 16.4. The van der Waals surface area contributed by atoms with Crippen LogP contribution in [0.1, 0.15) is 12.5 Å². The van der Waals surface area contributed by atoms with Crippen molar-refractivity contribution < 1.29 is 19.1 Å². The van der Waals surface area contributed by atoms with Crippen molar-refractivity contribution in [3.63, 3.8) is 0 Å². The third-order valence-electron chi connectivity index (χ3n) is 4.39. The van der Waals surface area contributed by atoms with E-state index in [0.29, 0.717) is 11.4 Å². The SMILES string of the molecule is Cc1ccccc1OCC(=O)OC(C)C(=O)Nc1ccccc1-c1ccccc1. The molecule has 0 aliphatic heterocycles. The molecule has 0 radical (unpaired) electrons. The summed E-state index contributed by atoms with van der Waals surface area (Å²) >= 11 is 0. The number of benzene rings is 3. The number of anilines is 1. The van der Waals surface area contributed by atoms with E-state index in [1.807, 2.05) is 79.7 Å². The number of rotatable bonds is 7. The number of hydrogen-bond donors (Lipinski definition) is 1. The largest absolute Gasteiger partial charge is 0.482 e. The van der Waals surface area contributed by atoms with Crippen LogP contribution in [-0.4, -0.2) is 24.6 Å². The third-order valence-corrected chi connectivity index (χ3v) is 4.39. The van der Waals surface area contributed by atoms with E-state index in [4.69, 9.17) is 9.47 Å². The van der Waals surface area contributed by atoms with Crippen molar-refractivity contribution in [2.24, 2.45) is 0 Å².